The predicted octanol–water partition coefficient (Wildman–Crippen LogP) is 1.33. The van der Waals surface area contributed by atoms with Crippen molar-refractivity contribution in [1.82, 2.24) is 5.43 Å². The molecule has 1 amide bonds. The monoisotopic (exact) mass is 437 g/mol. The second-order valence-electron chi connectivity index (χ2n) is 6.03. The summed E-state index contributed by atoms with van der Waals surface area (Å²) < 4.78 is 40.7. The van der Waals surface area contributed by atoms with E-state index in [2.05, 4.69) is 10.5 Å². The number of sulfonamides is 1. The molecule has 0 aliphatic carbocycles. The molecule has 30 heavy (non-hydrogen) atoms. The Morgan fingerprint density at radius 2 is 1.73 bits per heavy atom. The summed E-state index contributed by atoms with van der Waals surface area (Å²) in [6.07, 6.45) is 2.32. The summed E-state index contributed by atoms with van der Waals surface area (Å²) in [6.45, 7) is -0.495. The molecular formula is C19H23N3O7S. The van der Waals surface area contributed by atoms with Crippen LogP contribution in [0.3, 0.4) is 0 Å². The largest absolute Gasteiger partial charge is 0.504 e. The minimum Gasteiger partial charge on any atom is -0.504 e. The van der Waals surface area contributed by atoms with Gasteiger partial charge in [-0.25, -0.2) is 13.8 Å². The van der Waals surface area contributed by atoms with Gasteiger partial charge in [-0.15, -0.1) is 0 Å². The van der Waals surface area contributed by atoms with Crippen LogP contribution in [-0.2, 0) is 14.8 Å². The molecule has 0 aliphatic heterocycles. The number of hydrazone groups is 1. The number of nitrogens with one attached hydrogen (secondary N) is 1. The number of rotatable bonds is 9. The third kappa shape index (κ3) is 5.77. The fourth-order valence-corrected chi connectivity index (χ4v) is 3.35. The lowest BCUT2D eigenvalue weighted by atomic mass is 10.2. The number of amides is 1. The number of phenols is 1. The van der Waals surface area contributed by atoms with E-state index < -0.39 is 22.5 Å². The van der Waals surface area contributed by atoms with Crippen molar-refractivity contribution in [1.29, 1.82) is 0 Å². The lowest BCUT2D eigenvalue weighted by Gasteiger charge is -2.22. The highest BCUT2D eigenvalue weighted by molar-refractivity contribution is 7.92. The minimum absolute atomic E-state index is 0.0302. The van der Waals surface area contributed by atoms with Crippen molar-refractivity contribution >= 4 is 27.8 Å². The van der Waals surface area contributed by atoms with Gasteiger partial charge in [0.05, 0.1) is 39.5 Å². The van der Waals surface area contributed by atoms with Gasteiger partial charge in [-0.3, -0.25) is 9.10 Å². The first-order valence-corrected chi connectivity index (χ1v) is 10.4. The SMILES string of the molecule is COc1cc(/C=N\NC(=O)CN(c2ccc(OC)c(OC)c2)S(C)(=O)=O)ccc1O. The molecule has 2 aromatic rings. The van der Waals surface area contributed by atoms with E-state index in [1.54, 1.807) is 12.1 Å². The summed E-state index contributed by atoms with van der Waals surface area (Å²) in [6, 6.07) is 9.02. The topological polar surface area (TPSA) is 127 Å². The number of anilines is 1. The van der Waals surface area contributed by atoms with E-state index in [4.69, 9.17) is 14.2 Å². The molecule has 2 rings (SSSR count). The number of phenolic OH excluding ortho intramolecular Hbond substituents is 1. The summed E-state index contributed by atoms with van der Waals surface area (Å²) in [5, 5.41) is 13.4. The van der Waals surface area contributed by atoms with Crippen molar-refractivity contribution < 1.29 is 32.5 Å². The third-order valence-corrected chi connectivity index (χ3v) is 5.09. The summed E-state index contributed by atoms with van der Waals surface area (Å²) in [5.41, 5.74) is 3.07. The van der Waals surface area contributed by atoms with Crippen LogP contribution in [-0.4, -0.2) is 59.8 Å². The second kappa shape index (κ2) is 9.83. The smallest absolute Gasteiger partial charge is 0.260 e. The first-order valence-electron chi connectivity index (χ1n) is 8.58. The van der Waals surface area contributed by atoms with Gasteiger partial charge < -0.3 is 19.3 Å². The lowest BCUT2D eigenvalue weighted by molar-refractivity contribution is -0.119. The van der Waals surface area contributed by atoms with E-state index in [-0.39, 0.29) is 17.2 Å². The van der Waals surface area contributed by atoms with Crippen LogP contribution in [0.4, 0.5) is 5.69 Å². The Hall–Kier alpha value is -3.47. The Morgan fingerprint density at radius 1 is 1.07 bits per heavy atom. The minimum atomic E-state index is -3.77. The second-order valence-corrected chi connectivity index (χ2v) is 7.94. The number of hydrogen-bond acceptors (Lipinski definition) is 8. The quantitative estimate of drug-likeness (QED) is 0.448. The molecular weight excluding hydrogens is 414 g/mol. The Kier molecular flexibility index (Phi) is 7.48. The number of benzene rings is 2. The van der Waals surface area contributed by atoms with Crippen LogP contribution in [0.2, 0.25) is 0 Å². The Bertz CT molecular complexity index is 1040. The van der Waals surface area contributed by atoms with E-state index in [0.717, 1.165) is 10.6 Å². The van der Waals surface area contributed by atoms with Crippen LogP contribution in [0.1, 0.15) is 5.56 Å². The molecule has 0 fully saturated rings. The number of nitrogens with zero attached hydrogens (tertiary/aromatic N) is 2. The van der Waals surface area contributed by atoms with Crippen LogP contribution in [0.25, 0.3) is 0 Å². The number of carbonyl (C=O) groups is 1. The molecule has 0 radical (unpaired) electrons. The molecule has 0 aromatic heterocycles. The maximum atomic E-state index is 12.3. The zero-order chi connectivity index (χ0) is 22.3. The molecule has 0 bridgehead atoms. The highest BCUT2D eigenvalue weighted by Crippen LogP contribution is 2.32. The van der Waals surface area contributed by atoms with E-state index in [1.165, 1.54) is 51.8 Å². The summed E-state index contributed by atoms with van der Waals surface area (Å²) in [5.74, 6) is 0.313. The van der Waals surface area contributed by atoms with Crippen LogP contribution < -0.4 is 23.9 Å². The standard InChI is InChI=1S/C19H23N3O7S/c1-27-16-8-6-14(10-18(16)29-3)22(30(4,25)26)12-19(24)21-20-11-13-5-7-15(23)17(9-13)28-2/h5-11,23H,12H2,1-4H3,(H,21,24)/b20-11-. The van der Waals surface area contributed by atoms with Gasteiger partial charge in [0, 0.05) is 6.07 Å². The van der Waals surface area contributed by atoms with Gasteiger partial charge in [-0.2, -0.15) is 5.10 Å². The van der Waals surface area contributed by atoms with Gasteiger partial charge in [-0.05, 0) is 35.9 Å². The predicted molar refractivity (Wildman–Crippen MR) is 112 cm³/mol. The number of hydrogen-bond donors (Lipinski definition) is 2. The summed E-state index contributed by atoms with van der Waals surface area (Å²) in [7, 11) is 0.522. The van der Waals surface area contributed by atoms with Crippen LogP contribution in [0.5, 0.6) is 23.0 Å². The molecule has 0 spiro atoms. The zero-order valence-electron chi connectivity index (χ0n) is 16.9. The highest BCUT2D eigenvalue weighted by atomic mass is 32.2. The normalized spacial score (nSPS) is 11.2. The molecule has 0 unspecified atom stereocenters. The van der Waals surface area contributed by atoms with Crippen LogP contribution in [0.15, 0.2) is 41.5 Å². The van der Waals surface area contributed by atoms with E-state index >= 15 is 0 Å². The molecule has 2 aromatic carbocycles. The van der Waals surface area contributed by atoms with E-state index in [1.807, 2.05) is 0 Å². The van der Waals surface area contributed by atoms with Crippen LogP contribution >= 0.6 is 0 Å². The lowest BCUT2D eigenvalue weighted by Crippen LogP contribution is -2.39. The Morgan fingerprint density at radius 3 is 2.33 bits per heavy atom. The van der Waals surface area contributed by atoms with Gasteiger partial charge in [0.1, 0.15) is 6.54 Å². The van der Waals surface area contributed by atoms with Gasteiger partial charge in [0.2, 0.25) is 10.0 Å². The van der Waals surface area contributed by atoms with Crippen molar-refractivity contribution in [2.75, 3.05) is 38.4 Å². The van der Waals surface area contributed by atoms with Crippen molar-refractivity contribution in [2.45, 2.75) is 0 Å². The van der Waals surface area contributed by atoms with Crippen molar-refractivity contribution in [3.63, 3.8) is 0 Å². The Balaban J connectivity index is 2.15. The zero-order valence-corrected chi connectivity index (χ0v) is 17.8. The van der Waals surface area contributed by atoms with Crippen LogP contribution in [0, 0.1) is 0 Å². The highest BCUT2D eigenvalue weighted by Gasteiger charge is 2.22. The first-order chi connectivity index (χ1) is 14.2. The number of aromatic hydroxyl groups is 1. The average Bonchev–Trinajstić information content (AvgIpc) is 2.71. The van der Waals surface area contributed by atoms with Gasteiger partial charge in [0.15, 0.2) is 23.0 Å². The summed E-state index contributed by atoms with van der Waals surface area (Å²) in [4.78, 5) is 12.3. The fourth-order valence-electron chi connectivity index (χ4n) is 2.50. The molecule has 11 heteroatoms. The molecule has 0 saturated heterocycles. The maximum absolute atomic E-state index is 12.3. The van der Waals surface area contributed by atoms with Crippen molar-refractivity contribution in [2.24, 2.45) is 5.10 Å². The number of ether oxygens (including phenoxy) is 3. The van der Waals surface area contributed by atoms with Gasteiger partial charge in [-0.1, -0.05) is 0 Å². The molecule has 162 valence electrons. The first kappa shape index (κ1) is 22.8. The molecule has 0 saturated carbocycles. The molecule has 2 N–H and O–H groups in total. The Labute approximate surface area is 174 Å². The van der Waals surface area contributed by atoms with Crippen molar-refractivity contribution in [3.8, 4) is 23.0 Å². The van der Waals surface area contributed by atoms with E-state index in [0.29, 0.717) is 17.1 Å². The van der Waals surface area contributed by atoms with Crippen molar-refractivity contribution in [3.05, 3.63) is 42.0 Å². The molecule has 0 heterocycles. The molecule has 0 atom stereocenters. The molecule has 10 nitrogen and oxygen atoms in total. The van der Waals surface area contributed by atoms with Gasteiger partial charge >= 0.3 is 0 Å². The van der Waals surface area contributed by atoms with E-state index in [9.17, 15) is 18.3 Å². The summed E-state index contributed by atoms with van der Waals surface area (Å²) >= 11 is 0. The fraction of sp³-hybridized carbons (Fsp3) is 0.263. The average molecular weight is 437 g/mol. The molecule has 0 aliphatic rings. The maximum Gasteiger partial charge on any atom is 0.260 e. The number of methoxy groups -OCH3 is 3. The number of carbonyl (C=O) groups excluding carboxylic acids is 1. The van der Waals surface area contributed by atoms with Gasteiger partial charge in [0.25, 0.3) is 5.91 Å². The third-order valence-electron chi connectivity index (χ3n) is 3.95.